The minimum atomic E-state index is -0.177. The van der Waals surface area contributed by atoms with Crippen molar-refractivity contribution >= 4 is 33.6 Å². The zero-order valence-electron chi connectivity index (χ0n) is 19.1. The van der Waals surface area contributed by atoms with Gasteiger partial charge in [0.15, 0.2) is 11.5 Å². The first-order valence-corrected chi connectivity index (χ1v) is 11.3. The van der Waals surface area contributed by atoms with Crippen LogP contribution in [-0.2, 0) is 7.05 Å². The highest BCUT2D eigenvalue weighted by atomic mass is 16.5. The molecule has 1 aliphatic rings. The summed E-state index contributed by atoms with van der Waals surface area (Å²) in [4.78, 5) is 27.6. The van der Waals surface area contributed by atoms with E-state index in [-0.39, 0.29) is 36.3 Å². The smallest absolute Gasteiger partial charge is 0.312 e. The Kier molecular flexibility index (Phi) is 5.67. The van der Waals surface area contributed by atoms with Crippen LogP contribution in [0.15, 0.2) is 39.5 Å². The molecule has 1 saturated heterocycles. The van der Waals surface area contributed by atoms with Crippen molar-refractivity contribution in [2.45, 2.75) is 25.7 Å². The standard InChI is InChI=1S/C25H25N5O4/c1-15-4-5-20-17(12-15)27-25(34-20)16-6-8-30(9-7-16)19-14-22(32)29(3)18-13-21(33-11-10-31)24(26-2)28-23(18)19/h4-5,12-14,16,31H,6-11H2,1,3H3. The highest BCUT2D eigenvalue weighted by molar-refractivity contribution is 5.91. The molecule has 4 aromatic rings. The van der Waals surface area contributed by atoms with Gasteiger partial charge in [0, 0.05) is 32.1 Å². The Balaban J connectivity index is 1.45. The third-order valence-corrected chi connectivity index (χ3v) is 6.34. The van der Waals surface area contributed by atoms with Gasteiger partial charge in [0.25, 0.3) is 5.56 Å². The zero-order valence-corrected chi connectivity index (χ0v) is 19.1. The molecule has 1 aliphatic heterocycles. The van der Waals surface area contributed by atoms with E-state index >= 15 is 0 Å². The van der Waals surface area contributed by atoms with Crippen LogP contribution in [0.4, 0.5) is 11.5 Å². The monoisotopic (exact) mass is 459 g/mol. The second-order valence-electron chi connectivity index (χ2n) is 8.57. The maximum absolute atomic E-state index is 12.7. The van der Waals surface area contributed by atoms with Gasteiger partial charge in [-0.05, 0) is 43.5 Å². The summed E-state index contributed by atoms with van der Waals surface area (Å²) in [6.45, 7) is 10.8. The van der Waals surface area contributed by atoms with Gasteiger partial charge < -0.3 is 28.6 Å². The van der Waals surface area contributed by atoms with Gasteiger partial charge in [-0.2, -0.15) is 0 Å². The number of hydrogen-bond donors (Lipinski definition) is 1. The van der Waals surface area contributed by atoms with Gasteiger partial charge in [0.1, 0.15) is 17.9 Å². The minimum Gasteiger partial charge on any atom is -0.500 e. The van der Waals surface area contributed by atoms with Gasteiger partial charge >= 0.3 is 5.82 Å². The number of anilines is 1. The molecule has 9 heteroatoms. The van der Waals surface area contributed by atoms with E-state index in [4.69, 9.17) is 25.8 Å². The van der Waals surface area contributed by atoms with E-state index in [0.717, 1.165) is 35.4 Å². The first kappa shape index (κ1) is 21.9. The summed E-state index contributed by atoms with van der Waals surface area (Å²) in [7, 11) is 1.67. The van der Waals surface area contributed by atoms with Crippen LogP contribution in [-0.4, -0.2) is 45.9 Å². The number of piperidine rings is 1. The molecule has 0 radical (unpaired) electrons. The summed E-state index contributed by atoms with van der Waals surface area (Å²) in [5.41, 5.74) is 4.55. The van der Waals surface area contributed by atoms with Crippen LogP contribution in [0.25, 0.3) is 27.0 Å². The van der Waals surface area contributed by atoms with E-state index in [1.54, 1.807) is 19.2 Å². The van der Waals surface area contributed by atoms with Crippen molar-refractivity contribution in [2.24, 2.45) is 7.05 Å². The summed E-state index contributed by atoms with van der Waals surface area (Å²) in [5.74, 6) is 1.33. The second kappa shape index (κ2) is 8.80. The van der Waals surface area contributed by atoms with Crippen LogP contribution in [0.1, 0.15) is 30.2 Å². The van der Waals surface area contributed by atoms with E-state index in [0.29, 0.717) is 29.8 Å². The Morgan fingerprint density at radius 1 is 1.24 bits per heavy atom. The first-order valence-electron chi connectivity index (χ1n) is 11.3. The van der Waals surface area contributed by atoms with Crippen LogP contribution in [0.2, 0.25) is 0 Å². The second-order valence-corrected chi connectivity index (χ2v) is 8.57. The van der Waals surface area contributed by atoms with Crippen LogP contribution in [0.3, 0.4) is 0 Å². The third-order valence-electron chi connectivity index (χ3n) is 6.34. The summed E-state index contributed by atoms with van der Waals surface area (Å²) < 4.78 is 13.0. The van der Waals surface area contributed by atoms with E-state index in [2.05, 4.69) is 14.7 Å². The lowest BCUT2D eigenvalue weighted by Crippen LogP contribution is -2.34. The molecular weight excluding hydrogens is 434 g/mol. The van der Waals surface area contributed by atoms with Gasteiger partial charge in [-0.1, -0.05) is 12.6 Å². The molecular formula is C25H25N5O4. The van der Waals surface area contributed by atoms with Crippen molar-refractivity contribution in [1.29, 1.82) is 0 Å². The number of ether oxygens (including phenoxy) is 1. The van der Waals surface area contributed by atoms with Crippen molar-refractivity contribution in [3.63, 3.8) is 0 Å². The zero-order chi connectivity index (χ0) is 23.8. The van der Waals surface area contributed by atoms with E-state index < -0.39 is 0 Å². The van der Waals surface area contributed by atoms with Crippen LogP contribution in [0.5, 0.6) is 5.75 Å². The van der Waals surface area contributed by atoms with Crippen molar-refractivity contribution in [2.75, 3.05) is 31.2 Å². The number of pyridine rings is 2. The fourth-order valence-electron chi connectivity index (χ4n) is 4.50. The predicted molar refractivity (Wildman–Crippen MR) is 129 cm³/mol. The molecule has 174 valence electrons. The van der Waals surface area contributed by atoms with Gasteiger partial charge in [-0.25, -0.2) is 4.98 Å². The molecule has 0 amide bonds. The van der Waals surface area contributed by atoms with Crippen molar-refractivity contribution in [3.05, 3.63) is 63.6 Å². The molecule has 9 nitrogen and oxygen atoms in total. The number of nitrogens with zero attached hydrogens (tertiary/aromatic N) is 5. The predicted octanol–water partition coefficient (Wildman–Crippen LogP) is 3.69. The fraction of sp³-hybridized carbons (Fsp3) is 0.360. The molecule has 1 aromatic carbocycles. The number of fused-ring (bicyclic) bond motifs is 2. The lowest BCUT2D eigenvalue weighted by molar-refractivity contribution is 0.202. The topological polar surface area (TPSA) is 98.0 Å². The molecule has 0 atom stereocenters. The summed E-state index contributed by atoms with van der Waals surface area (Å²) >= 11 is 0. The SMILES string of the molecule is [C-]#[N+]c1nc2c(N3CCC(c4nc5cc(C)ccc5o4)CC3)cc(=O)n(C)c2cc1OCCO. The number of aliphatic hydroxyl groups is 1. The third kappa shape index (κ3) is 3.86. The van der Waals surface area contributed by atoms with Gasteiger partial charge in [0.05, 0.1) is 17.8 Å². The molecule has 34 heavy (non-hydrogen) atoms. The average Bonchev–Trinajstić information content (AvgIpc) is 3.28. The number of aliphatic hydroxyl groups excluding tert-OH is 1. The van der Waals surface area contributed by atoms with Gasteiger partial charge in [-0.15, -0.1) is 4.98 Å². The number of aromatic nitrogens is 3. The Bertz CT molecular complexity index is 1470. The number of oxazole rings is 1. The summed E-state index contributed by atoms with van der Waals surface area (Å²) in [6.07, 6.45) is 1.66. The Hall–Kier alpha value is -3.90. The van der Waals surface area contributed by atoms with Crippen molar-refractivity contribution < 1.29 is 14.3 Å². The van der Waals surface area contributed by atoms with Crippen LogP contribution < -0.4 is 15.2 Å². The van der Waals surface area contributed by atoms with Crippen LogP contribution in [0, 0.1) is 13.5 Å². The van der Waals surface area contributed by atoms with Gasteiger partial charge in [0.2, 0.25) is 5.52 Å². The van der Waals surface area contributed by atoms with E-state index in [1.807, 2.05) is 25.1 Å². The Labute approximate surface area is 196 Å². The average molecular weight is 460 g/mol. The number of aryl methyl sites for hydroxylation is 2. The van der Waals surface area contributed by atoms with E-state index in [9.17, 15) is 4.79 Å². The molecule has 1 N–H and O–H groups in total. The number of rotatable bonds is 5. The van der Waals surface area contributed by atoms with Crippen molar-refractivity contribution in [1.82, 2.24) is 14.5 Å². The largest absolute Gasteiger partial charge is 0.500 e. The maximum Gasteiger partial charge on any atom is 0.312 e. The van der Waals surface area contributed by atoms with Crippen molar-refractivity contribution in [3.8, 4) is 5.75 Å². The molecule has 0 unspecified atom stereocenters. The van der Waals surface area contributed by atoms with Crippen LogP contribution >= 0.6 is 0 Å². The molecule has 0 spiro atoms. The highest BCUT2D eigenvalue weighted by Gasteiger charge is 2.28. The molecule has 1 fully saturated rings. The lowest BCUT2D eigenvalue weighted by atomic mass is 9.96. The number of benzene rings is 1. The molecule has 0 saturated carbocycles. The Morgan fingerprint density at radius 2 is 2.03 bits per heavy atom. The molecule has 4 heterocycles. The molecule has 5 rings (SSSR count). The Morgan fingerprint density at radius 3 is 2.76 bits per heavy atom. The lowest BCUT2D eigenvalue weighted by Gasteiger charge is -2.32. The molecule has 3 aromatic heterocycles. The molecule has 0 bridgehead atoms. The fourth-order valence-corrected chi connectivity index (χ4v) is 4.50. The van der Waals surface area contributed by atoms with Gasteiger partial charge in [-0.3, -0.25) is 4.79 Å². The highest BCUT2D eigenvalue weighted by Crippen LogP contribution is 2.36. The first-order chi connectivity index (χ1) is 16.5. The summed E-state index contributed by atoms with van der Waals surface area (Å²) in [5, 5.41) is 9.08. The number of hydrogen-bond acceptors (Lipinski definition) is 7. The van der Waals surface area contributed by atoms with E-state index in [1.165, 1.54) is 4.57 Å². The molecule has 0 aliphatic carbocycles. The maximum atomic E-state index is 12.7. The normalized spacial score (nSPS) is 14.6. The quantitative estimate of drug-likeness (QED) is 0.455. The summed E-state index contributed by atoms with van der Waals surface area (Å²) in [6, 6.07) is 9.25. The minimum absolute atomic E-state index is 0.0479.